The number of rotatable bonds is 2. The van der Waals surface area contributed by atoms with E-state index in [0.29, 0.717) is 0 Å². The summed E-state index contributed by atoms with van der Waals surface area (Å²) in [6, 6.07) is 1.65. The van der Waals surface area contributed by atoms with E-state index < -0.39 is 0 Å². The van der Waals surface area contributed by atoms with Crippen molar-refractivity contribution in [2.75, 3.05) is 5.43 Å². The molecular weight excluding hydrogens is 120 g/mol. The summed E-state index contributed by atoms with van der Waals surface area (Å²) in [6.07, 6.45) is 3.03. The normalized spacial score (nSPS) is 8.44. The SMILES string of the molecule is O=NNc1ncccn1. The van der Waals surface area contributed by atoms with Gasteiger partial charge in [-0.25, -0.2) is 15.4 Å². The van der Waals surface area contributed by atoms with E-state index in [1.165, 1.54) is 12.4 Å². The summed E-state index contributed by atoms with van der Waals surface area (Å²) >= 11 is 0. The van der Waals surface area contributed by atoms with E-state index in [0.717, 1.165) is 0 Å². The van der Waals surface area contributed by atoms with Gasteiger partial charge in [-0.1, -0.05) is 0 Å². The smallest absolute Gasteiger partial charge is 0.220 e. The van der Waals surface area contributed by atoms with E-state index >= 15 is 0 Å². The molecule has 0 radical (unpaired) electrons. The van der Waals surface area contributed by atoms with Gasteiger partial charge in [0.25, 0.3) is 0 Å². The number of nitrogens with one attached hydrogen (secondary N) is 1. The van der Waals surface area contributed by atoms with Gasteiger partial charge in [-0.15, -0.1) is 4.91 Å². The Labute approximate surface area is 51.1 Å². The molecule has 0 unspecified atom stereocenters. The quantitative estimate of drug-likeness (QED) is 0.462. The first kappa shape index (κ1) is 5.61. The predicted molar refractivity (Wildman–Crippen MR) is 31.4 cm³/mol. The third kappa shape index (κ3) is 1.45. The van der Waals surface area contributed by atoms with Crippen LogP contribution in [-0.2, 0) is 0 Å². The summed E-state index contributed by atoms with van der Waals surface area (Å²) in [7, 11) is 0. The van der Waals surface area contributed by atoms with Gasteiger partial charge in [-0.3, -0.25) is 0 Å². The van der Waals surface area contributed by atoms with Gasteiger partial charge in [-0.05, 0) is 6.07 Å². The Bertz CT molecular complexity index is 187. The third-order valence-corrected chi connectivity index (χ3v) is 0.711. The van der Waals surface area contributed by atoms with Gasteiger partial charge >= 0.3 is 0 Å². The Morgan fingerprint density at radius 1 is 1.44 bits per heavy atom. The minimum atomic E-state index is 0.215. The van der Waals surface area contributed by atoms with Crippen LogP contribution in [0.2, 0.25) is 0 Å². The molecule has 0 bridgehead atoms. The second-order valence-corrected chi connectivity index (χ2v) is 1.28. The molecular formula is C4H4N4O. The molecule has 9 heavy (non-hydrogen) atoms. The lowest BCUT2D eigenvalue weighted by Gasteiger charge is -1.88. The Morgan fingerprint density at radius 2 is 2.11 bits per heavy atom. The highest BCUT2D eigenvalue weighted by Gasteiger charge is 1.86. The van der Waals surface area contributed by atoms with Gasteiger partial charge in [0.15, 0.2) is 0 Å². The number of hydrogen-bond acceptors (Lipinski definition) is 4. The molecule has 1 N–H and O–H groups in total. The van der Waals surface area contributed by atoms with Crippen LogP contribution in [0.15, 0.2) is 23.7 Å². The molecule has 46 valence electrons. The van der Waals surface area contributed by atoms with Gasteiger partial charge in [0, 0.05) is 12.4 Å². The van der Waals surface area contributed by atoms with Crippen molar-refractivity contribution in [1.29, 1.82) is 0 Å². The zero-order valence-electron chi connectivity index (χ0n) is 4.48. The fraction of sp³-hybridized carbons (Fsp3) is 0. The summed E-state index contributed by atoms with van der Waals surface area (Å²) in [5, 5.41) is 2.38. The zero-order chi connectivity index (χ0) is 6.53. The Kier molecular flexibility index (Phi) is 1.69. The Hall–Kier alpha value is -1.52. The van der Waals surface area contributed by atoms with Crippen molar-refractivity contribution in [1.82, 2.24) is 9.97 Å². The molecule has 0 aromatic carbocycles. The van der Waals surface area contributed by atoms with Crippen molar-refractivity contribution in [2.24, 2.45) is 5.29 Å². The lowest BCUT2D eigenvalue weighted by molar-refractivity contribution is 1.11. The highest BCUT2D eigenvalue weighted by atomic mass is 16.3. The first-order chi connectivity index (χ1) is 4.43. The molecule has 0 amide bonds. The van der Waals surface area contributed by atoms with Crippen LogP contribution in [0.1, 0.15) is 0 Å². The highest BCUT2D eigenvalue weighted by Crippen LogP contribution is 1.91. The molecule has 1 rings (SSSR count). The maximum atomic E-state index is 9.53. The molecule has 5 heteroatoms. The number of hydrogen-bond donors (Lipinski definition) is 1. The molecule has 5 nitrogen and oxygen atoms in total. The molecule has 0 saturated heterocycles. The van der Waals surface area contributed by atoms with Gasteiger partial charge in [0.05, 0.1) is 5.29 Å². The summed E-state index contributed by atoms with van der Waals surface area (Å²) in [5.41, 5.74) is 2.05. The average Bonchev–Trinajstić information content (AvgIpc) is 1.91. The zero-order valence-corrected chi connectivity index (χ0v) is 4.48. The molecule has 0 aliphatic heterocycles. The number of anilines is 1. The second kappa shape index (κ2) is 2.71. The van der Waals surface area contributed by atoms with E-state index in [-0.39, 0.29) is 5.95 Å². The summed E-state index contributed by atoms with van der Waals surface area (Å²) in [4.78, 5) is 16.8. The molecule has 1 aromatic heterocycles. The molecule has 0 saturated carbocycles. The molecule has 0 spiro atoms. The Balaban J connectivity index is 2.72. The van der Waals surface area contributed by atoms with Crippen molar-refractivity contribution in [3.8, 4) is 0 Å². The maximum absolute atomic E-state index is 9.53. The average molecular weight is 124 g/mol. The molecule has 1 aromatic rings. The van der Waals surface area contributed by atoms with Crippen LogP contribution >= 0.6 is 0 Å². The first-order valence-corrected chi connectivity index (χ1v) is 2.29. The minimum Gasteiger partial charge on any atom is -0.220 e. The van der Waals surface area contributed by atoms with Crippen molar-refractivity contribution in [3.63, 3.8) is 0 Å². The van der Waals surface area contributed by atoms with Crippen molar-refractivity contribution in [2.45, 2.75) is 0 Å². The topological polar surface area (TPSA) is 67.2 Å². The maximum Gasteiger partial charge on any atom is 0.246 e. The van der Waals surface area contributed by atoms with E-state index in [1.54, 1.807) is 6.07 Å². The van der Waals surface area contributed by atoms with Crippen LogP contribution < -0.4 is 5.43 Å². The molecule has 0 aliphatic carbocycles. The fourth-order valence-corrected chi connectivity index (χ4v) is 0.398. The van der Waals surface area contributed by atoms with Crippen LogP contribution in [0.5, 0.6) is 0 Å². The van der Waals surface area contributed by atoms with E-state index in [2.05, 4.69) is 20.7 Å². The van der Waals surface area contributed by atoms with Crippen molar-refractivity contribution < 1.29 is 0 Å². The van der Waals surface area contributed by atoms with Crippen LogP contribution in [0.3, 0.4) is 0 Å². The number of nitroso groups, excluding NO2 is 1. The lowest BCUT2D eigenvalue weighted by Crippen LogP contribution is -1.91. The van der Waals surface area contributed by atoms with Gasteiger partial charge < -0.3 is 0 Å². The van der Waals surface area contributed by atoms with Gasteiger partial charge in [0.1, 0.15) is 0 Å². The monoisotopic (exact) mass is 124 g/mol. The second-order valence-electron chi connectivity index (χ2n) is 1.28. The number of aromatic nitrogens is 2. The number of nitrogens with zero attached hydrogens (tertiary/aromatic N) is 3. The van der Waals surface area contributed by atoms with Crippen LogP contribution in [0, 0.1) is 4.91 Å². The van der Waals surface area contributed by atoms with Crippen LogP contribution in [-0.4, -0.2) is 9.97 Å². The first-order valence-electron chi connectivity index (χ1n) is 2.29. The minimum absolute atomic E-state index is 0.215. The third-order valence-electron chi connectivity index (χ3n) is 0.711. The largest absolute Gasteiger partial charge is 0.246 e. The molecule has 0 aliphatic rings. The van der Waals surface area contributed by atoms with E-state index in [1.807, 2.05) is 0 Å². The van der Waals surface area contributed by atoms with E-state index in [4.69, 9.17) is 0 Å². The Morgan fingerprint density at radius 3 is 2.67 bits per heavy atom. The molecule has 0 fully saturated rings. The summed E-state index contributed by atoms with van der Waals surface area (Å²) < 4.78 is 0. The molecule has 1 heterocycles. The van der Waals surface area contributed by atoms with Crippen LogP contribution in [0.25, 0.3) is 0 Å². The fourth-order valence-electron chi connectivity index (χ4n) is 0.398. The standard InChI is InChI=1S/C4H4N4O/c9-8-7-4-5-2-1-3-6-4/h1-3H,(H,5,6,7,9). The predicted octanol–water partition coefficient (Wildman–Crippen LogP) is 0.570. The van der Waals surface area contributed by atoms with Crippen molar-refractivity contribution >= 4 is 5.95 Å². The lowest BCUT2D eigenvalue weighted by atomic mass is 10.7. The summed E-state index contributed by atoms with van der Waals surface area (Å²) in [5.74, 6) is 0.215. The van der Waals surface area contributed by atoms with Gasteiger partial charge in [-0.2, -0.15) is 0 Å². The van der Waals surface area contributed by atoms with Crippen molar-refractivity contribution in [3.05, 3.63) is 23.4 Å². The molecule has 0 atom stereocenters. The summed E-state index contributed by atoms with van der Waals surface area (Å²) in [6.45, 7) is 0. The van der Waals surface area contributed by atoms with E-state index in [9.17, 15) is 4.91 Å². The van der Waals surface area contributed by atoms with Crippen LogP contribution in [0.4, 0.5) is 5.95 Å². The highest BCUT2D eigenvalue weighted by molar-refractivity contribution is 5.19. The van der Waals surface area contributed by atoms with Gasteiger partial charge in [0.2, 0.25) is 5.95 Å².